The second-order valence-corrected chi connectivity index (χ2v) is 6.07. The monoisotopic (exact) mass is 273 g/mol. The van der Waals surface area contributed by atoms with E-state index >= 15 is 0 Å². The summed E-state index contributed by atoms with van der Waals surface area (Å²) >= 11 is 0. The summed E-state index contributed by atoms with van der Waals surface area (Å²) in [7, 11) is 0. The number of amides is 2. The van der Waals surface area contributed by atoms with Gasteiger partial charge in [-0.25, -0.2) is 4.79 Å². The molecular weight excluding hydrogens is 250 g/mol. The third-order valence-corrected chi connectivity index (χ3v) is 3.39. The van der Waals surface area contributed by atoms with Crippen LogP contribution in [-0.2, 0) is 0 Å². The van der Waals surface area contributed by atoms with Gasteiger partial charge >= 0.3 is 6.03 Å². The van der Waals surface area contributed by atoms with E-state index in [1.54, 1.807) is 4.90 Å². The van der Waals surface area contributed by atoms with Crippen molar-refractivity contribution in [2.45, 2.75) is 26.3 Å². The predicted molar refractivity (Wildman–Crippen MR) is 82.4 cm³/mol. The summed E-state index contributed by atoms with van der Waals surface area (Å²) in [6, 6.07) is 8.20. The Morgan fingerprint density at radius 2 is 2.10 bits per heavy atom. The van der Waals surface area contributed by atoms with E-state index < -0.39 is 0 Å². The van der Waals surface area contributed by atoms with Crippen LogP contribution in [0.2, 0.25) is 0 Å². The van der Waals surface area contributed by atoms with Crippen molar-refractivity contribution in [1.82, 2.24) is 10.2 Å². The first-order valence-corrected chi connectivity index (χ1v) is 6.93. The Balaban J connectivity index is 1.95. The number of hydrogen-bond acceptors (Lipinski definition) is 2. The molecule has 1 aromatic carbocycles. The van der Waals surface area contributed by atoms with E-state index in [4.69, 9.17) is 5.73 Å². The highest BCUT2D eigenvalue weighted by atomic mass is 16.2. The van der Waals surface area contributed by atoms with Crippen LogP contribution in [0.25, 0.3) is 5.57 Å². The first-order valence-electron chi connectivity index (χ1n) is 6.93. The maximum atomic E-state index is 12.1. The van der Waals surface area contributed by atoms with Gasteiger partial charge in [-0.2, -0.15) is 0 Å². The van der Waals surface area contributed by atoms with Crippen molar-refractivity contribution in [3.63, 3.8) is 0 Å². The lowest BCUT2D eigenvalue weighted by molar-refractivity contribution is 0.208. The number of carbonyl (C=O) groups is 1. The molecule has 0 unspecified atom stereocenters. The van der Waals surface area contributed by atoms with Crippen molar-refractivity contribution in [1.29, 1.82) is 0 Å². The van der Waals surface area contributed by atoms with Gasteiger partial charge in [0.2, 0.25) is 0 Å². The summed E-state index contributed by atoms with van der Waals surface area (Å²) in [6.07, 6.45) is 2.12. The number of benzene rings is 1. The van der Waals surface area contributed by atoms with Crippen LogP contribution < -0.4 is 11.1 Å². The average Bonchev–Trinajstić information content (AvgIpc) is 2.85. The fourth-order valence-corrected chi connectivity index (χ4v) is 2.25. The molecule has 0 spiro atoms. The third kappa shape index (κ3) is 3.61. The molecule has 4 heteroatoms. The van der Waals surface area contributed by atoms with Crippen molar-refractivity contribution in [3.05, 3.63) is 41.5 Å². The van der Waals surface area contributed by atoms with Gasteiger partial charge in [-0.15, -0.1) is 0 Å². The summed E-state index contributed by atoms with van der Waals surface area (Å²) in [4.78, 5) is 13.9. The van der Waals surface area contributed by atoms with Gasteiger partial charge < -0.3 is 16.0 Å². The fourth-order valence-electron chi connectivity index (χ4n) is 2.25. The number of nitrogens with zero attached hydrogens (tertiary/aromatic N) is 1. The molecule has 0 aromatic heterocycles. The summed E-state index contributed by atoms with van der Waals surface area (Å²) in [5.41, 5.74) is 9.16. The van der Waals surface area contributed by atoms with Gasteiger partial charge in [0.05, 0.1) is 0 Å². The van der Waals surface area contributed by atoms with Crippen LogP contribution in [0.4, 0.5) is 4.79 Å². The SMILES string of the molecule is Cc1ccccc1C1=CCN(C(=O)NCC(C)(C)N)C1. The lowest BCUT2D eigenvalue weighted by Crippen LogP contribution is -2.48. The van der Waals surface area contributed by atoms with E-state index in [0.717, 1.165) is 0 Å². The Bertz CT molecular complexity index is 529. The Hall–Kier alpha value is -1.81. The van der Waals surface area contributed by atoms with Crippen LogP contribution in [-0.4, -0.2) is 36.1 Å². The largest absolute Gasteiger partial charge is 0.336 e. The molecule has 1 aliphatic heterocycles. The smallest absolute Gasteiger partial charge is 0.318 e. The van der Waals surface area contributed by atoms with Crippen molar-refractivity contribution in [2.75, 3.05) is 19.6 Å². The van der Waals surface area contributed by atoms with Crippen molar-refractivity contribution >= 4 is 11.6 Å². The first-order chi connectivity index (χ1) is 9.37. The molecular formula is C16H23N3O. The minimum atomic E-state index is -0.387. The molecule has 0 saturated heterocycles. The number of urea groups is 1. The Morgan fingerprint density at radius 3 is 2.75 bits per heavy atom. The molecule has 0 aliphatic carbocycles. The van der Waals surface area contributed by atoms with E-state index in [2.05, 4.69) is 30.4 Å². The Labute approximate surface area is 120 Å². The molecule has 3 N–H and O–H groups in total. The molecule has 1 aliphatic rings. The molecule has 0 atom stereocenters. The summed E-state index contributed by atoms with van der Waals surface area (Å²) < 4.78 is 0. The Kier molecular flexibility index (Phi) is 4.14. The summed E-state index contributed by atoms with van der Waals surface area (Å²) in [6.45, 7) is 7.67. The van der Waals surface area contributed by atoms with Crippen LogP contribution in [0.3, 0.4) is 0 Å². The molecule has 0 fully saturated rings. The molecule has 108 valence electrons. The lowest BCUT2D eigenvalue weighted by atomic mass is 10.0. The first kappa shape index (κ1) is 14.6. The summed E-state index contributed by atoms with van der Waals surface area (Å²) in [5, 5.41) is 2.88. The van der Waals surface area contributed by atoms with Crippen LogP contribution >= 0.6 is 0 Å². The fraction of sp³-hybridized carbons (Fsp3) is 0.438. The van der Waals surface area contributed by atoms with Gasteiger partial charge in [-0.3, -0.25) is 0 Å². The zero-order valence-electron chi connectivity index (χ0n) is 12.4. The van der Waals surface area contributed by atoms with Gasteiger partial charge in [0.25, 0.3) is 0 Å². The van der Waals surface area contributed by atoms with E-state index in [1.165, 1.54) is 16.7 Å². The van der Waals surface area contributed by atoms with Gasteiger partial charge in [-0.05, 0) is 37.5 Å². The minimum absolute atomic E-state index is 0.0524. The van der Waals surface area contributed by atoms with Crippen LogP contribution in [0.5, 0.6) is 0 Å². The highest BCUT2D eigenvalue weighted by Crippen LogP contribution is 2.23. The highest BCUT2D eigenvalue weighted by Gasteiger charge is 2.22. The number of hydrogen-bond donors (Lipinski definition) is 2. The normalized spacial score (nSPS) is 15.2. The van der Waals surface area contributed by atoms with Crippen molar-refractivity contribution < 1.29 is 4.79 Å². The lowest BCUT2D eigenvalue weighted by Gasteiger charge is -2.23. The van der Waals surface area contributed by atoms with Crippen LogP contribution in [0.1, 0.15) is 25.0 Å². The van der Waals surface area contributed by atoms with Crippen molar-refractivity contribution in [3.8, 4) is 0 Å². The molecule has 1 heterocycles. The summed E-state index contributed by atoms with van der Waals surface area (Å²) in [5.74, 6) is 0. The number of nitrogens with one attached hydrogen (secondary N) is 1. The second-order valence-electron chi connectivity index (χ2n) is 6.07. The van der Waals surface area contributed by atoms with Gasteiger partial charge in [0.15, 0.2) is 0 Å². The van der Waals surface area contributed by atoms with E-state index in [-0.39, 0.29) is 11.6 Å². The van der Waals surface area contributed by atoms with Gasteiger partial charge in [0, 0.05) is 25.2 Å². The highest BCUT2D eigenvalue weighted by molar-refractivity contribution is 5.81. The van der Waals surface area contributed by atoms with E-state index in [9.17, 15) is 4.79 Å². The number of nitrogens with two attached hydrogens (primary N) is 1. The average molecular weight is 273 g/mol. The number of rotatable bonds is 3. The molecule has 0 bridgehead atoms. The van der Waals surface area contributed by atoms with Gasteiger partial charge in [0.1, 0.15) is 0 Å². The van der Waals surface area contributed by atoms with Crippen LogP contribution in [0.15, 0.2) is 30.3 Å². The Morgan fingerprint density at radius 1 is 1.40 bits per heavy atom. The molecule has 1 aromatic rings. The molecule has 20 heavy (non-hydrogen) atoms. The van der Waals surface area contributed by atoms with E-state index in [1.807, 2.05) is 26.0 Å². The predicted octanol–water partition coefficient (Wildman–Crippen LogP) is 2.14. The molecule has 0 radical (unpaired) electrons. The molecule has 0 saturated carbocycles. The maximum absolute atomic E-state index is 12.1. The maximum Gasteiger partial charge on any atom is 0.318 e. The quantitative estimate of drug-likeness (QED) is 0.886. The zero-order chi connectivity index (χ0) is 14.8. The van der Waals surface area contributed by atoms with E-state index in [0.29, 0.717) is 19.6 Å². The topological polar surface area (TPSA) is 58.4 Å². The number of aryl methyl sites for hydroxylation is 1. The molecule has 2 rings (SSSR count). The van der Waals surface area contributed by atoms with Crippen LogP contribution in [0, 0.1) is 6.92 Å². The zero-order valence-corrected chi connectivity index (χ0v) is 12.4. The van der Waals surface area contributed by atoms with Crippen molar-refractivity contribution in [2.24, 2.45) is 5.73 Å². The molecule has 4 nitrogen and oxygen atoms in total. The second kappa shape index (κ2) is 5.67. The number of carbonyl (C=O) groups excluding carboxylic acids is 1. The molecule has 2 amide bonds. The standard InChI is InChI=1S/C16H23N3O/c1-12-6-4-5-7-14(12)13-8-9-19(10-13)15(20)18-11-16(2,3)17/h4-8H,9-11,17H2,1-3H3,(H,18,20). The minimum Gasteiger partial charge on any atom is -0.336 e. The third-order valence-electron chi connectivity index (χ3n) is 3.39. The van der Waals surface area contributed by atoms with Gasteiger partial charge in [-0.1, -0.05) is 30.3 Å².